The lowest BCUT2D eigenvalue weighted by molar-refractivity contribution is -0.154. The summed E-state index contributed by atoms with van der Waals surface area (Å²) in [5, 5.41) is 19.1. The van der Waals surface area contributed by atoms with Crippen molar-refractivity contribution in [3.63, 3.8) is 0 Å². The molecule has 0 bridgehead atoms. The Morgan fingerprint density at radius 1 is 1.16 bits per heavy atom. The average Bonchev–Trinajstić information content (AvgIpc) is 2.67. The van der Waals surface area contributed by atoms with Crippen molar-refractivity contribution in [3.8, 4) is 0 Å². The first-order valence-corrected chi connectivity index (χ1v) is 7.14. The van der Waals surface area contributed by atoms with E-state index >= 15 is 0 Å². The molecule has 0 atom stereocenters. The molecule has 1 spiro atoms. The Balaban J connectivity index is 2.32. The van der Waals surface area contributed by atoms with Gasteiger partial charge < -0.3 is 10.2 Å². The van der Waals surface area contributed by atoms with Crippen LogP contribution in [0, 0.1) is 5.41 Å². The monoisotopic (exact) mass is 269 g/mol. The fraction of sp³-hybridized carbons (Fsp3) is 0.857. The second kappa shape index (κ2) is 5.21. The number of amides is 2. The van der Waals surface area contributed by atoms with Crippen LogP contribution in [-0.2, 0) is 9.59 Å². The van der Waals surface area contributed by atoms with Crippen LogP contribution in [0.5, 0.6) is 0 Å². The van der Waals surface area contributed by atoms with Gasteiger partial charge in [-0.1, -0.05) is 26.2 Å². The molecule has 1 aliphatic heterocycles. The Bertz CT molecular complexity index is 361. The van der Waals surface area contributed by atoms with Gasteiger partial charge in [0.15, 0.2) is 0 Å². The average molecular weight is 269 g/mol. The molecule has 0 unspecified atom stereocenters. The number of aliphatic hydroxyl groups is 2. The molecule has 5 heteroatoms. The lowest BCUT2D eigenvalue weighted by atomic mass is 9.73. The number of likely N-dealkylation sites (tertiary alicyclic amines) is 1. The quantitative estimate of drug-likeness (QED) is 0.741. The van der Waals surface area contributed by atoms with Crippen molar-refractivity contribution in [2.24, 2.45) is 5.41 Å². The predicted molar refractivity (Wildman–Crippen MR) is 69.2 cm³/mol. The molecule has 2 aliphatic rings. The summed E-state index contributed by atoms with van der Waals surface area (Å²) in [6.45, 7) is 1.01. The summed E-state index contributed by atoms with van der Waals surface area (Å²) >= 11 is 0. The van der Waals surface area contributed by atoms with E-state index in [9.17, 15) is 19.8 Å². The number of hydrogen-bond acceptors (Lipinski definition) is 4. The maximum atomic E-state index is 12.7. The molecule has 5 nitrogen and oxygen atoms in total. The van der Waals surface area contributed by atoms with Gasteiger partial charge in [0, 0.05) is 6.42 Å². The molecule has 0 aromatic carbocycles. The SMILES string of the molecule is CCC(CO)(CO)N1C(=O)CC2(CCCCC2)C1=O. The topological polar surface area (TPSA) is 77.8 Å². The molecular weight excluding hydrogens is 246 g/mol. The molecular formula is C14H23NO4. The maximum absolute atomic E-state index is 12.7. The maximum Gasteiger partial charge on any atom is 0.236 e. The predicted octanol–water partition coefficient (Wildman–Crippen LogP) is 0.829. The van der Waals surface area contributed by atoms with Crippen LogP contribution < -0.4 is 0 Å². The molecule has 1 saturated carbocycles. The Morgan fingerprint density at radius 3 is 2.21 bits per heavy atom. The van der Waals surface area contributed by atoms with Gasteiger partial charge in [-0.2, -0.15) is 0 Å². The zero-order chi connectivity index (χ0) is 14.1. The van der Waals surface area contributed by atoms with E-state index in [0.717, 1.165) is 32.1 Å². The summed E-state index contributed by atoms with van der Waals surface area (Å²) in [4.78, 5) is 26.1. The minimum absolute atomic E-state index is 0.179. The minimum atomic E-state index is -1.13. The number of imide groups is 1. The fourth-order valence-corrected chi connectivity index (χ4v) is 3.47. The Hall–Kier alpha value is -0.940. The first kappa shape index (κ1) is 14.5. The number of carbonyl (C=O) groups is 2. The van der Waals surface area contributed by atoms with Crippen LogP contribution in [0.2, 0.25) is 0 Å². The Kier molecular flexibility index (Phi) is 3.97. The van der Waals surface area contributed by atoms with Gasteiger partial charge in [-0.3, -0.25) is 14.5 Å². The fourth-order valence-electron chi connectivity index (χ4n) is 3.47. The van der Waals surface area contributed by atoms with Gasteiger partial charge in [-0.25, -0.2) is 0 Å². The molecule has 19 heavy (non-hydrogen) atoms. The molecule has 0 aromatic rings. The number of carbonyl (C=O) groups excluding carboxylic acids is 2. The Morgan fingerprint density at radius 2 is 1.74 bits per heavy atom. The highest BCUT2D eigenvalue weighted by Crippen LogP contribution is 2.47. The van der Waals surface area contributed by atoms with E-state index in [1.807, 2.05) is 0 Å². The molecule has 1 saturated heterocycles. The number of aliphatic hydroxyl groups excluding tert-OH is 2. The van der Waals surface area contributed by atoms with E-state index in [-0.39, 0.29) is 31.4 Å². The first-order valence-electron chi connectivity index (χ1n) is 7.14. The summed E-state index contributed by atoms with van der Waals surface area (Å²) in [7, 11) is 0. The highest BCUT2D eigenvalue weighted by atomic mass is 16.3. The highest BCUT2D eigenvalue weighted by molar-refractivity contribution is 6.06. The summed E-state index contributed by atoms with van der Waals surface area (Å²) in [5.74, 6) is -0.418. The third-order valence-electron chi connectivity index (χ3n) is 4.93. The van der Waals surface area contributed by atoms with Crippen molar-refractivity contribution >= 4 is 11.8 Å². The van der Waals surface area contributed by atoms with Crippen LogP contribution in [0.15, 0.2) is 0 Å². The van der Waals surface area contributed by atoms with Crippen LogP contribution in [0.1, 0.15) is 51.9 Å². The van der Waals surface area contributed by atoms with Gasteiger partial charge in [0.25, 0.3) is 0 Å². The second-order valence-corrected chi connectivity index (χ2v) is 5.95. The van der Waals surface area contributed by atoms with Crippen LogP contribution in [0.3, 0.4) is 0 Å². The van der Waals surface area contributed by atoms with Gasteiger partial charge in [0.05, 0.1) is 24.2 Å². The molecule has 0 radical (unpaired) electrons. The van der Waals surface area contributed by atoms with E-state index in [1.165, 1.54) is 4.90 Å². The third-order valence-corrected chi connectivity index (χ3v) is 4.93. The molecule has 1 heterocycles. The highest BCUT2D eigenvalue weighted by Gasteiger charge is 2.56. The number of hydrogen-bond donors (Lipinski definition) is 2. The molecule has 108 valence electrons. The lowest BCUT2D eigenvalue weighted by Crippen LogP contribution is -2.57. The van der Waals surface area contributed by atoms with Gasteiger partial charge in [-0.05, 0) is 19.3 Å². The van der Waals surface area contributed by atoms with E-state index in [0.29, 0.717) is 6.42 Å². The molecule has 2 N–H and O–H groups in total. The van der Waals surface area contributed by atoms with E-state index in [4.69, 9.17) is 0 Å². The van der Waals surface area contributed by atoms with Crippen LogP contribution in [0.4, 0.5) is 0 Å². The van der Waals surface area contributed by atoms with Gasteiger partial charge >= 0.3 is 0 Å². The summed E-state index contributed by atoms with van der Waals surface area (Å²) in [6.07, 6.45) is 5.19. The minimum Gasteiger partial charge on any atom is -0.394 e. The smallest absolute Gasteiger partial charge is 0.236 e. The zero-order valence-corrected chi connectivity index (χ0v) is 11.5. The van der Waals surface area contributed by atoms with E-state index in [2.05, 4.69) is 0 Å². The van der Waals surface area contributed by atoms with Crippen molar-refractivity contribution in [2.75, 3.05) is 13.2 Å². The van der Waals surface area contributed by atoms with Crippen molar-refractivity contribution < 1.29 is 19.8 Å². The molecule has 1 aliphatic carbocycles. The van der Waals surface area contributed by atoms with Crippen molar-refractivity contribution in [1.29, 1.82) is 0 Å². The number of nitrogens with zero attached hydrogens (tertiary/aromatic N) is 1. The van der Waals surface area contributed by atoms with Gasteiger partial charge in [0.1, 0.15) is 0 Å². The van der Waals surface area contributed by atoms with Crippen molar-refractivity contribution in [3.05, 3.63) is 0 Å². The third kappa shape index (κ3) is 2.09. The first-order chi connectivity index (χ1) is 9.05. The molecule has 0 aromatic heterocycles. The lowest BCUT2D eigenvalue weighted by Gasteiger charge is -2.39. The molecule has 2 amide bonds. The van der Waals surface area contributed by atoms with Crippen LogP contribution >= 0.6 is 0 Å². The summed E-state index contributed by atoms with van der Waals surface area (Å²) in [5.41, 5.74) is -1.69. The van der Waals surface area contributed by atoms with Crippen LogP contribution in [0.25, 0.3) is 0 Å². The second-order valence-electron chi connectivity index (χ2n) is 5.95. The summed E-state index contributed by atoms with van der Waals surface area (Å²) in [6, 6.07) is 0. The van der Waals surface area contributed by atoms with E-state index in [1.54, 1.807) is 6.92 Å². The Labute approximate surface area is 113 Å². The largest absolute Gasteiger partial charge is 0.394 e. The van der Waals surface area contributed by atoms with Gasteiger partial charge in [0.2, 0.25) is 11.8 Å². The van der Waals surface area contributed by atoms with E-state index < -0.39 is 11.0 Å². The standard InChI is InChI=1S/C14H23NO4/c1-2-14(9-16,10-17)15-11(18)8-13(12(15)19)6-4-3-5-7-13/h16-17H,2-10H2,1H3. The molecule has 2 fully saturated rings. The van der Waals surface area contributed by atoms with Crippen molar-refractivity contribution in [2.45, 2.75) is 57.4 Å². The van der Waals surface area contributed by atoms with Crippen LogP contribution in [-0.4, -0.2) is 45.7 Å². The zero-order valence-electron chi connectivity index (χ0n) is 11.5. The molecule has 2 rings (SSSR count). The summed E-state index contributed by atoms with van der Waals surface area (Å²) < 4.78 is 0. The number of rotatable bonds is 4. The van der Waals surface area contributed by atoms with Gasteiger partial charge in [-0.15, -0.1) is 0 Å². The normalized spacial score (nSPS) is 23.4. The van der Waals surface area contributed by atoms with Crippen molar-refractivity contribution in [1.82, 2.24) is 4.90 Å².